The van der Waals surface area contributed by atoms with Crippen LogP contribution in [0.3, 0.4) is 0 Å². The lowest BCUT2D eigenvalue weighted by Crippen LogP contribution is -2.47. The van der Waals surface area contributed by atoms with Crippen LogP contribution in [0.1, 0.15) is 24.3 Å². The van der Waals surface area contributed by atoms with E-state index in [-0.39, 0.29) is 11.8 Å². The molecule has 20 heavy (non-hydrogen) atoms. The van der Waals surface area contributed by atoms with Crippen molar-refractivity contribution in [2.75, 3.05) is 19.6 Å². The molecule has 1 aromatic rings. The molecular weight excluding hydrogens is 256 g/mol. The van der Waals surface area contributed by atoms with Crippen molar-refractivity contribution in [3.63, 3.8) is 0 Å². The van der Waals surface area contributed by atoms with Gasteiger partial charge in [0.05, 0.1) is 5.41 Å². The number of piperidine rings is 1. The highest BCUT2D eigenvalue weighted by Gasteiger charge is 2.52. The zero-order chi connectivity index (χ0) is 14.2. The monoisotopic (exact) mass is 274 g/mol. The summed E-state index contributed by atoms with van der Waals surface area (Å²) < 4.78 is 0. The van der Waals surface area contributed by atoms with Crippen molar-refractivity contribution in [2.45, 2.75) is 18.8 Å². The van der Waals surface area contributed by atoms with Gasteiger partial charge in [0.1, 0.15) is 0 Å². The van der Waals surface area contributed by atoms with Gasteiger partial charge in [-0.25, -0.2) is 4.79 Å². The number of nitrogens with one attached hydrogen (secondary N) is 1. The highest BCUT2D eigenvalue weighted by molar-refractivity contribution is 5.87. The van der Waals surface area contributed by atoms with E-state index in [9.17, 15) is 9.59 Å². The van der Waals surface area contributed by atoms with Crippen LogP contribution in [0, 0.1) is 5.41 Å². The average molecular weight is 274 g/mol. The molecule has 2 aliphatic rings. The highest BCUT2D eigenvalue weighted by Crippen LogP contribution is 2.47. The molecule has 1 atom stereocenters. The molecule has 3 rings (SSSR count). The maximum Gasteiger partial charge on any atom is 0.407 e. The fourth-order valence-electron chi connectivity index (χ4n) is 3.52. The summed E-state index contributed by atoms with van der Waals surface area (Å²) in [5.74, 6) is 0.225. The minimum Gasteiger partial charge on any atom is -0.465 e. The number of benzene rings is 1. The van der Waals surface area contributed by atoms with Crippen LogP contribution in [0.4, 0.5) is 4.79 Å². The number of amides is 2. The number of nitrogens with zero attached hydrogens (tertiary/aromatic N) is 1. The summed E-state index contributed by atoms with van der Waals surface area (Å²) in [5.41, 5.74) is 0.724. The number of carbonyl (C=O) groups is 2. The van der Waals surface area contributed by atoms with Crippen LogP contribution in [0.5, 0.6) is 0 Å². The summed E-state index contributed by atoms with van der Waals surface area (Å²) >= 11 is 0. The predicted octanol–water partition coefficient (Wildman–Crippen LogP) is 1.66. The largest absolute Gasteiger partial charge is 0.465 e. The summed E-state index contributed by atoms with van der Waals surface area (Å²) in [7, 11) is 0. The van der Waals surface area contributed by atoms with Crippen LogP contribution < -0.4 is 5.32 Å². The second kappa shape index (κ2) is 4.81. The molecule has 0 radical (unpaired) electrons. The van der Waals surface area contributed by atoms with E-state index in [0.29, 0.717) is 32.5 Å². The highest BCUT2D eigenvalue weighted by atomic mass is 16.4. The SMILES string of the molecule is O=C(O)N1CCC2(CC1)C(=O)NCC2c1ccccc1. The first-order valence-electron chi connectivity index (χ1n) is 6.94. The zero-order valence-corrected chi connectivity index (χ0v) is 11.2. The van der Waals surface area contributed by atoms with E-state index in [1.807, 2.05) is 18.2 Å². The summed E-state index contributed by atoms with van der Waals surface area (Å²) in [6.07, 6.45) is 0.310. The van der Waals surface area contributed by atoms with Gasteiger partial charge in [-0.2, -0.15) is 0 Å². The second-order valence-electron chi connectivity index (χ2n) is 5.60. The quantitative estimate of drug-likeness (QED) is 0.818. The molecule has 1 spiro atoms. The van der Waals surface area contributed by atoms with Crippen LogP contribution in [0.15, 0.2) is 30.3 Å². The molecule has 1 unspecified atom stereocenters. The summed E-state index contributed by atoms with van der Waals surface area (Å²) in [4.78, 5) is 24.8. The van der Waals surface area contributed by atoms with E-state index in [1.165, 1.54) is 4.90 Å². The second-order valence-corrected chi connectivity index (χ2v) is 5.60. The first-order valence-corrected chi connectivity index (χ1v) is 6.94. The van der Waals surface area contributed by atoms with Crippen LogP contribution >= 0.6 is 0 Å². The molecular formula is C15H18N2O3. The van der Waals surface area contributed by atoms with E-state index in [0.717, 1.165) is 5.56 Å². The van der Waals surface area contributed by atoms with E-state index in [1.54, 1.807) is 0 Å². The lowest BCUT2D eigenvalue weighted by Gasteiger charge is -2.40. The maximum absolute atomic E-state index is 12.3. The van der Waals surface area contributed by atoms with Gasteiger partial charge >= 0.3 is 6.09 Å². The molecule has 0 aliphatic carbocycles. The van der Waals surface area contributed by atoms with Crippen molar-refractivity contribution in [1.29, 1.82) is 0 Å². The fraction of sp³-hybridized carbons (Fsp3) is 0.467. The van der Waals surface area contributed by atoms with Gasteiger partial charge in [-0.3, -0.25) is 4.79 Å². The van der Waals surface area contributed by atoms with Crippen molar-refractivity contribution in [3.8, 4) is 0 Å². The van der Waals surface area contributed by atoms with Crippen molar-refractivity contribution in [1.82, 2.24) is 10.2 Å². The Hall–Kier alpha value is -2.04. The van der Waals surface area contributed by atoms with Crippen LogP contribution in [0.25, 0.3) is 0 Å². The van der Waals surface area contributed by atoms with Crippen LogP contribution in [-0.2, 0) is 4.79 Å². The standard InChI is InChI=1S/C15H18N2O3/c18-13-15(6-8-17(9-7-15)14(19)20)12(10-16-13)11-4-2-1-3-5-11/h1-5,12H,6-10H2,(H,16,18)(H,19,20). The lowest BCUT2D eigenvalue weighted by atomic mass is 9.68. The number of rotatable bonds is 1. The summed E-state index contributed by atoms with van der Waals surface area (Å²) in [6.45, 7) is 1.52. The van der Waals surface area contributed by atoms with Gasteiger partial charge in [0.15, 0.2) is 0 Å². The molecule has 2 N–H and O–H groups in total. The van der Waals surface area contributed by atoms with Crippen LogP contribution in [-0.4, -0.2) is 41.6 Å². The number of carboxylic acid groups (broad SMARTS) is 1. The Bertz CT molecular complexity index is 521. The molecule has 2 fully saturated rings. The third-order valence-electron chi connectivity index (χ3n) is 4.71. The smallest absolute Gasteiger partial charge is 0.407 e. The molecule has 1 aromatic carbocycles. The summed E-state index contributed by atoms with van der Waals surface area (Å²) in [6, 6.07) is 10.0. The molecule has 0 saturated carbocycles. The van der Waals surface area contributed by atoms with Crippen molar-refractivity contribution >= 4 is 12.0 Å². The number of hydrogen-bond acceptors (Lipinski definition) is 2. The Morgan fingerprint density at radius 3 is 2.50 bits per heavy atom. The minimum atomic E-state index is -0.894. The maximum atomic E-state index is 12.3. The van der Waals surface area contributed by atoms with E-state index in [4.69, 9.17) is 5.11 Å². The number of carbonyl (C=O) groups excluding carboxylic acids is 1. The van der Waals surface area contributed by atoms with Gasteiger partial charge in [-0.1, -0.05) is 30.3 Å². The zero-order valence-electron chi connectivity index (χ0n) is 11.2. The van der Waals surface area contributed by atoms with Crippen LogP contribution in [0.2, 0.25) is 0 Å². The van der Waals surface area contributed by atoms with Crippen molar-refractivity contribution < 1.29 is 14.7 Å². The Kier molecular flexibility index (Phi) is 3.12. The Balaban J connectivity index is 1.86. The fourth-order valence-corrected chi connectivity index (χ4v) is 3.52. The predicted molar refractivity (Wildman–Crippen MR) is 73.5 cm³/mol. The molecule has 2 aliphatic heterocycles. The first kappa shape index (κ1) is 13.0. The Labute approximate surface area is 117 Å². The third kappa shape index (κ3) is 1.94. The van der Waals surface area contributed by atoms with Gasteiger partial charge in [0, 0.05) is 25.6 Å². The van der Waals surface area contributed by atoms with E-state index in [2.05, 4.69) is 17.4 Å². The van der Waals surface area contributed by atoms with Gasteiger partial charge < -0.3 is 15.3 Å². The average Bonchev–Trinajstić information content (AvgIpc) is 2.78. The molecule has 5 nitrogen and oxygen atoms in total. The third-order valence-corrected chi connectivity index (χ3v) is 4.71. The minimum absolute atomic E-state index is 0.0800. The van der Waals surface area contributed by atoms with E-state index >= 15 is 0 Å². The lowest BCUT2D eigenvalue weighted by molar-refractivity contribution is -0.130. The van der Waals surface area contributed by atoms with Gasteiger partial charge in [0.25, 0.3) is 0 Å². The molecule has 0 aromatic heterocycles. The Morgan fingerprint density at radius 1 is 1.25 bits per heavy atom. The molecule has 5 heteroatoms. The topological polar surface area (TPSA) is 69.6 Å². The van der Waals surface area contributed by atoms with E-state index < -0.39 is 11.5 Å². The normalized spacial score (nSPS) is 24.7. The Morgan fingerprint density at radius 2 is 1.90 bits per heavy atom. The molecule has 2 amide bonds. The van der Waals surface area contributed by atoms with Gasteiger partial charge in [-0.15, -0.1) is 0 Å². The summed E-state index contributed by atoms with van der Waals surface area (Å²) in [5, 5.41) is 12.0. The molecule has 2 saturated heterocycles. The number of hydrogen-bond donors (Lipinski definition) is 2. The molecule has 2 heterocycles. The van der Waals surface area contributed by atoms with Gasteiger partial charge in [0.2, 0.25) is 5.91 Å². The van der Waals surface area contributed by atoms with Gasteiger partial charge in [-0.05, 0) is 18.4 Å². The molecule has 0 bridgehead atoms. The van der Waals surface area contributed by atoms with Crippen molar-refractivity contribution in [2.24, 2.45) is 5.41 Å². The van der Waals surface area contributed by atoms with Crippen molar-refractivity contribution in [3.05, 3.63) is 35.9 Å². The first-order chi connectivity index (χ1) is 9.63. The molecule has 106 valence electrons. The number of likely N-dealkylation sites (tertiary alicyclic amines) is 1.